The maximum atomic E-state index is 9.05. The summed E-state index contributed by atoms with van der Waals surface area (Å²) in [6.45, 7) is 13.5. The quantitative estimate of drug-likeness (QED) is 0.781. The Hall–Kier alpha value is -0.900. The number of nitrogens with zero attached hydrogens (tertiary/aromatic N) is 2. The van der Waals surface area contributed by atoms with Crippen molar-refractivity contribution in [2.24, 2.45) is 0 Å². The summed E-state index contributed by atoms with van der Waals surface area (Å²) in [4.78, 5) is 5.13. The summed E-state index contributed by atoms with van der Waals surface area (Å²) in [6.07, 6.45) is 4.01. The third kappa shape index (κ3) is 6.91. The highest BCUT2D eigenvalue weighted by Crippen LogP contribution is 2.11. The molecule has 1 saturated heterocycles. The van der Waals surface area contributed by atoms with Gasteiger partial charge in [-0.3, -0.25) is 4.90 Å². The molecule has 0 spiro atoms. The van der Waals surface area contributed by atoms with Gasteiger partial charge in [-0.1, -0.05) is 57.9 Å². The van der Waals surface area contributed by atoms with Crippen molar-refractivity contribution in [2.75, 3.05) is 32.7 Å². The normalized spacial score (nSPS) is 16.2. The molecule has 0 radical (unpaired) electrons. The van der Waals surface area contributed by atoms with Crippen molar-refractivity contribution in [1.82, 2.24) is 9.80 Å². The molecule has 1 aromatic carbocycles. The molecule has 2 rings (SSSR count). The van der Waals surface area contributed by atoms with Gasteiger partial charge in [-0.2, -0.15) is 0 Å². The predicted octanol–water partition coefficient (Wildman–Crippen LogP) is 3.51. The van der Waals surface area contributed by atoms with E-state index in [2.05, 4.69) is 28.9 Å². The molecule has 0 atom stereocenters. The highest BCUT2D eigenvalue weighted by Gasteiger charge is 2.16. The van der Waals surface area contributed by atoms with Crippen LogP contribution in [-0.2, 0) is 13.2 Å². The van der Waals surface area contributed by atoms with Gasteiger partial charge in [0.2, 0.25) is 0 Å². The highest BCUT2D eigenvalue weighted by atomic mass is 16.3. The Morgan fingerprint density at radius 2 is 1.41 bits per heavy atom. The highest BCUT2D eigenvalue weighted by molar-refractivity contribution is 5.21. The third-order valence-corrected chi connectivity index (χ3v) is 4.15. The monoisotopic (exact) mass is 306 g/mol. The van der Waals surface area contributed by atoms with Crippen LogP contribution in [0.5, 0.6) is 0 Å². The Morgan fingerprint density at radius 3 is 1.95 bits per heavy atom. The third-order valence-electron chi connectivity index (χ3n) is 4.15. The minimum Gasteiger partial charge on any atom is -0.392 e. The van der Waals surface area contributed by atoms with Crippen LogP contribution in [-0.4, -0.2) is 47.6 Å². The Balaban J connectivity index is 0.00000116. The summed E-state index contributed by atoms with van der Waals surface area (Å²) >= 11 is 0. The summed E-state index contributed by atoms with van der Waals surface area (Å²) in [6, 6.07) is 8.32. The van der Waals surface area contributed by atoms with E-state index < -0.39 is 0 Å². The van der Waals surface area contributed by atoms with Gasteiger partial charge < -0.3 is 10.0 Å². The molecular weight excluding hydrogens is 272 g/mol. The van der Waals surface area contributed by atoms with Crippen molar-refractivity contribution in [3.05, 3.63) is 35.4 Å². The van der Waals surface area contributed by atoms with Crippen LogP contribution in [0.25, 0.3) is 0 Å². The zero-order chi connectivity index (χ0) is 16.2. The smallest absolute Gasteiger partial charge is 0.0681 e. The average Bonchev–Trinajstić information content (AvgIpc) is 2.59. The number of rotatable bonds is 7. The molecule has 1 heterocycles. The van der Waals surface area contributed by atoms with Crippen molar-refractivity contribution in [1.29, 1.82) is 0 Å². The Morgan fingerprint density at radius 1 is 0.864 bits per heavy atom. The molecule has 0 aliphatic carbocycles. The first-order valence-electron chi connectivity index (χ1n) is 8.95. The van der Waals surface area contributed by atoms with Crippen LogP contribution in [0.2, 0.25) is 0 Å². The van der Waals surface area contributed by atoms with Gasteiger partial charge >= 0.3 is 0 Å². The fourth-order valence-electron chi connectivity index (χ4n) is 2.76. The van der Waals surface area contributed by atoms with Crippen LogP contribution in [0.3, 0.4) is 0 Å². The summed E-state index contributed by atoms with van der Waals surface area (Å²) in [5.41, 5.74) is 2.34. The fourth-order valence-corrected chi connectivity index (χ4v) is 2.76. The van der Waals surface area contributed by atoms with E-state index in [0.29, 0.717) is 0 Å². The first kappa shape index (κ1) is 19.1. The Labute approximate surface area is 136 Å². The van der Waals surface area contributed by atoms with Crippen molar-refractivity contribution in [3.63, 3.8) is 0 Å². The molecular formula is C19H34N2O. The molecule has 1 N–H and O–H groups in total. The van der Waals surface area contributed by atoms with E-state index in [4.69, 9.17) is 5.11 Å². The summed E-state index contributed by atoms with van der Waals surface area (Å²) in [7, 11) is 0. The lowest BCUT2D eigenvalue weighted by atomic mass is 10.1. The van der Waals surface area contributed by atoms with Gasteiger partial charge in [0.25, 0.3) is 0 Å². The maximum absolute atomic E-state index is 9.05. The predicted molar refractivity (Wildman–Crippen MR) is 95.0 cm³/mol. The van der Waals surface area contributed by atoms with Gasteiger partial charge in [-0.25, -0.2) is 0 Å². The van der Waals surface area contributed by atoms with E-state index >= 15 is 0 Å². The molecule has 22 heavy (non-hydrogen) atoms. The number of benzene rings is 1. The van der Waals surface area contributed by atoms with E-state index in [1.165, 1.54) is 57.5 Å². The Bertz CT molecular complexity index is 370. The molecule has 126 valence electrons. The lowest BCUT2D eigenvalue weighted by molar-refractivity contribution is 0.125. The molecule has 3 heteroatoms. The van der Waals surface area contributed by atoms with Crippen LogP contribution in [0.15, 0.2) is 24.3 Å². The lowest BCUT2D eigenvalue weighted by Gasteiger charge is -2.34. The zero-order valence-corrected chi connectivity index (χ0v) is 14.7. The molecule has 1 fully saturated rings. The minimum atomic E-state index is 0.136. The van der Waals surface area contributed by atoms with Crippen molar-refractivity contribution >= 4 is 0 Å². The molecule has 0 saturated carbocycles. The summed E-state index contributed by atoms with van der Waals surface area (Å²) in [5, 5.41) is 9.05. The van der Waals surface area contributed by atoms with Gasteiger partial charge in [0, 0.05) is 32.7 Å². The van der Waals surface area contributed by atoms with Gasteiger partial charge in [0.1, 0.15) is 0 Å². The van der Waals surface area contributed by atoms with E-state index in [0.717, 1.165) is 12.1 Å². The SMILES string of the molecule is CC.CCCCCN1CCN(Cc2ccc(CO)cc2)CC1. The second-order valence-corrected chi connectivity index (χ2v) is 5.80. The number of hydrogen-bond donors (Lipinski definition) is 1. The minimum absolute atomic E-state index is 0.136. The van der Waals surface area contributed by atoms with Crippen LogP contribution in [0, 0.1) is 0 Å². The molecule has 0 bridgehead atoms. The average molecular weight is 306 g/mol. The van der Waals surface area contributed by atoms with E-state index in [-0.39, 0.29) is 6.61 Å². The topological polar surface area (TPSA) is 26.7 Å². The number of piperazine rings is 1. The van der Waals surface area contributed by atoms with Gasteiger partial charge in [0.15, 0.2) is 0 Å². The fraction of sp³-hybridized carbons (Fsp3) is 0.684. The molecule has 1 aromatic rings. The second-order valence-electron chi connectivity index (χ2n) is 5.80. The first-order valence-corrected chi connectivity index (χ1v) is 8.95. The molecule has 0 aromatic heterocycles. The van der Waals surface area contributed by atoms with E-state index in [9.17, 15) is 0 Å². The maximum Gasteiger partial charge on any atom is 0.0681 e. The number of hydrogen-bond acceptors (Lipinski definition) is 3. The molecule has 0 amide bonds. The summed E-state index contributed by atoms with van der Waals surface area (Å²) < 4.78 is 0. The van der Waals surface area contributed by atoms with E-state index in [1.54, 1.807) is 0 Å². The standard InChI is InChI=1S/C17H28N2O.C2H6/c1-2-3-4-9-18-10-12-19(13-11-18)14-16-5-7-17(15-20)8-6-16;1-2/h5-8,20H,2-4,9-15H2,1H3;1-2H3. The molecule has 1 aliphatic rings. The molecule has 0 unspecified atom stereocenters. The van der Waals surface area contributed by atoms with Crippen LogP contribution < -0.4 is 0 Å². The number of unbranched alkanes of at least 4 members (excludes halogenated alkanes) is 2. The largest absolute Gasteiger partial charge is 0.392 e. The van der Waals surface area contributed by atoms with Crippen LogP contribution in [0.1, 0.15) is 51.2 Å². The van der Waals surface area contributed by atoms with E-state index in [1.807, 2.05) is 26.0 Å². The van der Waals surface area contributed by atoms with Gasteiger partial charge in [0.05, 0.1) is 6.61 Å². The van der Waals surface area contributed by atoms with Crippen LogP contribution >= 0.6 is 0 Å². The zero-order valence-electron chi connectivity index (χ0n) is 14.7. The lowest BCUT2D eigenvalue weighted by Crippen LogP contribution is -2.46. The molecule has 1 aliphatic heterocycles. The molecule has 3 nitrogen and oxygen atoms in total. The number of aliphatic hydroxyl groups is 1. The van der Waals surface area contributed by atoms with Crippen molar-refractivity contribution < 1.29 is 5.11 Å². The van der Waals surface area contributed by atoms with Crippen LogP contribution in [0.4, 0.5) is 0 Å². The Kier molecular flexibility index (Phi) is 10.1. The second kappa shape index (κ2) is 11.6. The van der Waals surface area contributed by atoms with Crippen molar-refractivity contribution in [3.8, 4) is 0 Å². The number of aliphatic hydroxyl groups excluding tert-OH is 1. The van der Waals surface area contributed by atoms with Crippen molar-refractivity contribution in [2.45, 2.75) is 53.2 Å². The first-order chi connectivity index (χ1) is 10.8. The van der Waals surface area contributed by atoms with Gasteiger partial charge in [-0.15, -0.1) is 0 Å². The van der Waals surface area contributed by atoms with Gasteiger partial charge in [-0.05, 0) is 24.1 Å². The summed E-state index contributed by atoms with van der Waals surface area (Å²) in [5.74, 6) is 0.